The lowest BCUT2D eigenvalue weighted by atomic mass is 10.1. The van der Waals surface area contributed by atoms with Crippen molar-refractivity contribution < 1.29 is 9.53 Å². The summed E-state index contributed by atoms with van der Waals surface area (Å²) in [4.78, 5) is 33.5. The van der Waals surface area contributed by atoms with Crippen LogP contribution in [0.25, 0.3) is 16.6 Å². The number of ether oxygens (including phenoxy) is 1. The van der Waals surface area contributed by atoms with Crippen molar-refractivity contribution in [2.75, 3.05) is 13.7 Å². The number of carbonyl (C=O) groups excluding carboxylic acids is 1. The predicted molar refractivity (Wildman–Crippen MR) is 122 cm³/mol. The van der Waals surface area contributed by atoms with E-state index in [-0.39, 0.29) is 23.4 Å². The molecule has 2 aromatic carbocycles. The van der Waals surface area contributed by atoms with Crippen molar-refractivity contribution >= 4 is 16.8 Å². The summed E-state index contributed by atoms with van der Waals surface area (Å²) in [6.45, 7) is 6.63. The molecule has 4 rings (SSSR count). The van der Waals surface area contributed by atoms with Gasteiger partial charge in [0.1, 0.15) is 11.6 Å². The predicted octanol–water partition coefficient (Wildman–Crippen LogP) is 4.41. The smallest absolute Gasteiger partial charge is 0.266 e. The van der Waals surface area contributed by atoms with Crippen molar-refractivity contribution in [2.45, 2.75) is 46.1 Å². The highest BCUT2D eigenvalue weighted by atomic mass is 16.5. The standard InChI is InChI=1S/C25H29N3O3/c1-5-14-27(24(29)18-11-12-18)17(3)23-26-20-9-7-6-8-19(20)25(30)28(23)21-15-16(2)10-13-22(21)31-4/h6-10,13,15,17-18H,5,11-12,14H2,1-4H3. The first-order chi connectivity index (χ1) is 15.0. The topological polar surface area (TPSA) is 64.4 Å². The summed E-state index contributed by atoms with van der Waals surface area (Å²) in [5, 5.41) is 0.539. The van der Waals surface area contributed by atoms with Crippen molar-refractivity contribution in [1.82, 2.24) is 14.5 Å². The number of carbonyl (C=O) groups is 1. The Morgan fingerprint density at radius 2 is 2.00 bits per heavy atom. The van der Waals surface area contributed by atoms with Crippen molar-refractivity contribution in [2.24, 2.45) is 5.92 Å². The zero-order chi connectivity index (χ0) is 22.1. The number of hydrogen-bond donors (Lipinski definition) is 0. The first kappa shape index (κ1) is 21.1. The highest BCUT2D eigenvalue weighted by Crippen LogP contribution is 2.35. The van der Waals surface area contributed by atoms with Gasteiger partial charge in [0.25, 0.3) is 5.56 Å². The largest absolute Gasteiger partial charge is 0.495 e. The van der Waals surface area contributed by atoms with Crippen LogP contribution < -0.4 is 10.3 Å². The van der Waals surface area contributed by atoms with Gasteiger partial charge in [0.05, 0.1) is 29.7 Å². The molecular weight excluding hydrogens is 390 g/mol. The molecule has 1 heterocycles. The number of aryl methyl sites for hydroxylation is 1. The third kappa shape index (κ3) is 3.94. The molecule has 31 heavy (non-hydrogen) atoms. The van der Waals surface area contributed by atoms with E-state index < -0.39 is 0 Å². The molecule has 1 unspecified atom stereocenters. The van der Waals surface area contributed by atoms with Crippen molar-refractivity contribution in [3.63, 3.8) is 0 Å². The van der Waals surface area contributed by atoms with Crippen LogP contribution in [0.15, 0.2) is 47.3 Å². The average Bonchev–Trinajstić information content (AvgIpc) is 3.62. The lowest BCUT2D eigenvalue weighted by molar-refractivity contribution is -0.135. The van der Waals surface area contributed by atoms with Crippen molar-refractivity contribution in [3.05, 3.63) is 64.2 Å². The molecule has 0 aliphatic heterocycles. The minimum absolute atomic E-state index is 0.100. The number of fused-ring (bicyclic) bond motifs is 1. The fourth-order valence-electron chi connectivity index (χ4n) is 4.08. The number of amides is 1. The monoisotopic (exact) mass is 419 g/mol. The third-order valence-electron chi connectivity index (χ3n) is 5.89. The molecule has 0 saturated heterocycles. The van der Waals surface area contributed by atoms with Gasteiger partial charge in [-0.1, -0.05) is 25.1 Å². The molecule has 1 atom stereocenters. The number of para-hydroxylation sites is 1. The molecule has 1 aromatic heterocycles. The Hall–Kier alpha value is -3.15. The number of benzene rings is 2. The van der Waals surface area contributed by atoms with Gasteiger partial charge < -0.3 is 9.64 Å². The molecule has 0 radical (unpaired) electrons. The second-order valence-electron chi connectivity index (χ2n) is 8.28. The Labute approximate surface area is 182 Å². The van der Waals surface area contributed by atoms with Gasteiger partial charge in [0, 0.05) is 12.5 Å². The number of aromatic nitrogens is 2. The molecule has 0 N–H and O–H groups in total. The number of hydrogen-bond acceptors (Lipinski definition) is 4. The summed E-state index contributed by atoms with van der Waals surface area (Å²) in [5.41, 5.74) is 2.12. The maximum atomic E-state index is 13.7. The van der Waals surface area contributed by atoms with Crippen LogP contribution in [0.5, 0.6) is 5.75 Å². The molecule has 1 aliphatic rings. The van der Waals surface area contributed by atoms with Crippen LogP contribution >= 0.6 is 0 Å². The van der Waals surface area contributed by atoms with Gasteiger partial charge in [-0.15, -0.1) is 0 Å². The Morgan fingerprint density at radius 1 is 1.26 bits per heavy atom. The van der Waals surface area contributed by atoms with E-state index >= 15 is 0 Å². The van der Waals surface area contributed by atoms with E-state index in [0.29, 0.717) is 34.7 Å². The summed E-state index contributed by atoms with van der Waals surface area (Å²) < 4.78 is 7.22. The van der Waals surface area contributed by atoms with Crippen LogP contribution in [-0.4, -0.2) is 34.0 Å². The minimum Gasteiger partial charge on any atom is -0.495 e. The molecule has 6 heteroatoms. The van der Waals surface area contributed by atoms with Crippen LogP contribution in [0.1, 0.15) is 50.5 Å². The van der Waals surface area contributed by atoms with Crippen LogP contribution in [0.2, 0.25) is 0 Å². The maximum Gasteiger partial charge on any atom is 0.266 e. The van der Waals surface area contributed by atoms with Gasteiger partial charge in [-0.3, -0.25) is 14.2 Å². The zero-order valence-electron chi connectivity index (χ0n) is 18.6. The molecule has 1 amide bonds. The Morgan fingerprint density at radius 3 is 2.68 bits per heavy atom. The quantitative estimate of drug-likeness (QED) is 0.569. The number of rotatable bonds is 7. The summed E-state index contributed by atoms with van der Waals surface area (Å²) >= 11 is 0. The minimum atomic E-state index is -0.351. The van der Waals surface area contributed by atoms with Crippen LogP contribution in [0, 0.1) is 12.8 Å². The first-order valence-corrected chi connectivity index (χ1v) is 10.9. The molecule has 3 aromatic rings. The summed E-state index contributed by atoms with van der Waals surface area (Å²) in [5.74, 6) is 1.39. The highest BCUT2D eigenvalue weighted by Gasteiger charge is 2.36. The number of methoxy groups -OCH3 is 1. The molecule has 1 aliphatic carbocycles. The van der Waals surface area contributed by atoms with E-state index in [1.165, 1.54) is 0 Å². The average molecular weight is 420 g/mol. The Kier molecular flexibility index (Phi) is 5.81. The van der Waals surface area contributed by atoms with Crippen molar-refractivity contribution in [1.29, 1.82) is 0 Å². The fourth-order valence-corrected chi connectivity index (χ4v) is 4.08. The van der Waals surface area contributed by atoms with E-state index in [2.05, 4.69) is 6.92 Å². The zero-order valence-corrected chi connectivity index (χ0v) is 18.6. The van der Waals surface area contributed by atoms with Crippen LogP contribution in [-0.2, 0) is 4.79 Å². The van der Waals surface area contributed by atoms with Gasteiger partial charge in [0.15, 0.2) is 0 Å². The van der Waals surface area contributed by atoms with Gasteiger partial charge in [-0.25, -0.2) is 4.98 Å². The number of nitrogens with zero attached hydrogens (tertiary/aromatic N) is 3. The molecular formula is C25H29N3O3. The van der Waals surface area contributed by atoms with Gasteiger partial charge in [-0.05, 0) is 62.9 Å². The summed E-state index contributed by atoms with van der Waals surface area (Å²) in [6.07, 6.45) is 2.72. The second-order valence-corrected chi connectivity index (χ2v) is 8.28. The molecule has 1 saturated carbocycles. The van der Waals surface area contributed by atoms with E-state index in [0.717, 1.165) is 24.8 Å². The second kappa shape index (κ2) is 8.53. The lowest BCUT2D eigenvalue weighted by Crippen LogP contribution is -2.38. The Balaban J connectivity index is 1.98. The molecule has 6 nitrogen and oxygen atoms in total. The SMILES string of the molecule is CCCN(C(=O)C1CC1)C(C)c1nc2ccccc2c(=O)n1-c1cc(C)ccc1OC. The summed E-state index contributed by atoms with van der Waals surface area (Å²) in [7, 11) is 1.59. The third-order valence-corrected chi connectivity index (χ3v) is 5.89. The van der Waals surface area contributed by atoms with Gasteiger partial charge in [-0.2, -0.15) is 0 Å². The van der Waals surface area contributed by atoms with Gasteiger partial charge in [0.2, 0.25) is 5.91 Å². The summed E-state index contributed by atoms with van der Waals surface area (Å²) in [6, 6.07) is 12.7. The van der Waals surface area contributed by atoms with Crippen molar-refractivity contribution in [3.8, 4) is 11.4 Å². The fraction of sp³-hybridized carbons (Fsp3) is 0.400. The lowest BCUT2D eigenvalue weighted by Gasteiger charge is -2.30. The maximum absolute atomic E-state index is 13.7. The molecule has 0 spiro atoms. The highest BCUT2D eigenvalue weighted by molar-refractivity contribution is 5.82. The first-order valence-electron chi connectivity index (χ1n) is 10.9. The van der Waals surface area contributed by atoms with E-state index in [1.54, 1.807) is 17.7 Å². The Bertz CT molecular complexity index is 1180. The molecule has 0 bridgehead atoms. The van der Waals surface area contributed by atoms with Crippen LogP contribution in [0.3, 0.4) is 0 Å². The van der Waals surface area contributed by atoms with Gasteiger partial charge >= 0.3 is 0 Å². The van der Waals surface area contributed by atoms with E-state index in [4.69, 9.17) is 9.72 Å². The van der Waals surface area contributed by atoms with Crippen LogP contribution in [0.4, 0.5) is 0 Å². The van der Waals surface area contributed by atoms with E-state index in [9.17, 15) is 9.59 Å². The molecule has 1 fully saturated rings. The van der Waals surface area contributed by atoms with E-state index in [1.807, 2.05) is 55.1 Å². The molecule has 162 valence electrons. The normalized spacial score (nSPS) is 14.5.